The third kappa shape index (κ3) is 7.97. The van der Waals surface area contributed by atoms with Gasteiger partial charge in [-0.05, 0) is 94.9 Å². The summed E-state index contributed by atoms with van der Waals surface area (Å²) in [5.74, 6) is -2.23. The highest BCUT2D eigenvalue weighted by Gasteiger charge is 2.74. The Kier molecular flexibility index (Phi) is 13.1. The van der Waals surface area contributed by atoms with E-state index < -0.39 is 95.5 Å². The van der Waals surface area contributed by atoms with Crippen LogP contribution in [0, 0.1) is 28.6 Å². The fourth-order valence-electron chi connectivity index (χ4n) is 12.6. The summed E-state index contributed by atoms with van der Waals surface area (Å²) in [4.78, 5) is 27.3. The number of ether oxygens (including phenoxy) is 8. The first kappa shape index (κ1) is 45.3. The number of carbonyl (C=O) groups is 2. The molecule has 8 rings (SSSR count). The Morgan fingerprint density at radius 2 is 1.40 bits per heavy atom. The average molecular weight is 863 g/mol. The zero-order valence-electron chi connectivity index (χ0n) is 37.1. The number of aliphatic hydroxyl groups is 3. The van der Waals surface area contributed by atoms with E-state index in [1.165, 1.54) is 0 Å². The lowest BCUT2D eigenvalue weighted by atomic mass is 9.44. The predicted molar refractivity (Wildman–Crippen MR) is 226 cm³/mol. The molecule has 3 N–H and O–H groups in total. The minimum absolute atomic E-state index is 0.165. The number of hydrogen-bond donors (Lipinski definition) is 3. The summed E-state index contributed by atoms with van der Waals surface area (Å²) in [5.41, 5.74) is -1.10. The van der Waals surface area contributed by atoms with Crippen LogP contribution in [0.2, 0.25) is 0 Å². The van der Waals surface area contributed by atoms with Gasteiger partial charge in [-0.1, -0.05) is 61.9 Å². The molecule has 2 aromatic rings. The van der Waals surface area contributed by atoms with Gasteiger partial charge in [0.1, 0.15) is 24.4 Å². The van der Waals surface area contributed by atoms with E-state index in [2.05, 4.69) is 13.0 Å². The smallest absolute Gasteiger partial charge is 0.338 e. The Morgan fingerprint density at radius 1 is 0.790 bits per heavy atom. The van der Waals surface area contributed by atoms with Gasteiger partial charge in [-0.3, -0.25) is 0 Å². The molecule has 0 amide bonds. The lowest BCUT2D eigenvalue weighted by molar-refractivity contribution is -0.320. The van der Waals surface area contributed by atoms with Crippen molar-refractivity contribution >= 4 is 11.9 Å². The predicted octanol–water partition coefficient (Wildman–Crippen LogP) is 6.16. The summed E-state index contributed by atoms with van der Waals surface area (Å²) in [6, 6.07) is 17.5. The van der Waals surface area contributed by atoms with Gasteiger partial charge in [-0.15, -0.1) is 0 Å². The topological polar surface area (TPSA) is 169 Å². The zero-order chi connectivity index (χ0) is 44.1. The molecule has 3 saturated carbocycles. The molecular weight excluding hydrogens is 797 g/mol. The van der Waals surface area contributed by atoms with Gasteiger partial charge in [-0.2, -0.15) is 0 Å². The van der Waals surface area contributed by atoms with E-state index in [0.717, 1.165) is 5.57 Å². The van der Waals surface area contributed by atoms with Crippen LogP contribution in [-0.2, 0) is 37.9 Å². The van der Waals surface area contributed by atoms with Gasteiger partial charge in [0, 0.05) is 44.3 Å². The molecule has 2 aliphatic heterocycles. The molecule has 62 heavy (non-hydrogen) atoms. The average Bonchev–Trinajstić information content (AvgIpc) is 3.55. The molecule has 4 aliphatic carbocycles. The number of esters is 2. The molecule has 340 valence electrons. The highest BCUT2D eigenvalue weighted by molar-refractivity contribution is 5.90. The fraction of sp³-hybridized carbons (Fsp3) is 0.673. The van der Waals surface area contributed by atoms with Crippen molar-refractivity contribution in [2.75, 3.05) is 14.2 Å². The van der Waals surface area contributed by atoms with Crippen molar-refractivity contribution in [2.45, 2.75) is 165 Å². The van der Waals surface area contributed by atoms with Crippen molar-refractivity contribution in [3.8, 4) is 0 Å². The third-order valence-corrected chi connectivity index (χ3v) is 16.0. The van der Waals surface area contributed by atoms with Gasteiger partial charge in [-0.25, -0.2) is 9.59 Å². The molecule has 0 radical (unpaired) electrons. The maximum Gasteiger partial charge on any atom is 0.338 e. The summed E-state index contributed by atoms with van der Waals surface area (Å²) < 4.78 is 49.5. The number of methoxy groups -OCH3 is 2. The largest absolute Gasteiger partial charge is 0.459 e. The second-order valence-corrected chi connectivity index (χ2v) is 19.2. The van der Waals surface area contributed by atoms with E-state index in [4.69, 9.17) is 37.9 Å². The first-order valence-electron chi connectivity index (χ1n) is 22.6. The summed E-state index contributed by atoms with van der Waals surface area (Å²) in [7, 11) is 3.23. The minimum atomic E-state index is -1.35. The maximum absolute atomic E-state index is 13.9. The second-order valence-electron chi connectivity index (χ2n) is 19.2. The van der Waals surface area contributed by atoms with Crippen LogP contribution in [0.4, 0.5) is 0 Å². The van der Waals surface area contributed by atoms with Crippen LogP contribution in [0.25, 0.3) is 0 Å². The highest BCUT2D eigenvalue weighted by Crippen LogP contribution is 2.69. The molecule has 6 aliphatic rings. The summed E-state index contributed by atoms with van der Waals surface area (Å²) in [5, 5.41) is 36.6. The van der Waals surface area contributed by atoms with Crippen molar-refractivity contribution in [2.24, 2.45) is 28.6 Å². The molecule has 13 nitrogen and oxygen atoms in total. The molecule has 0 unspecified atom stereocenters. The van der Waals surface area contributed by atoms with Gasteiger partial charge in [0.15, 0.2) is 12.6 Å². The van der Waals surface area contributed by atoms with Crippen molar-refractivity contribution < 1.29 is 62.8 Å². The Bertz CT molecular complexity index is 1910. The number of hydrogen-bond acceptors (Lipinski definition) is 13. The summed E-state index contributed by atoms with van der Waals surface area (Å²) >= 11 is 0. The normalized spacial score (nSPS) is 43.3. The van der Waals surface area contributed by atoms with Gasteiger partial charge in [0.25, 0.3) is 0 Å². The molecule has 2 saturated heterocycles. The summed E-state index contributed by atoms with van der Waals surface area (Å²) in [6.07, 6.45) is -0.415. The third-order valence-electron chi connectivity index (χ3n) is 16.0. The molecule has 18 atom stereocenters. The number of fused-ring (bicyclic) bond motifs is 5. The number of allylic oxidation sites excluding steroid dienone is 1. The molecule has 0 bridgehead atoms. The van der Waals surface area contributed by atoms with E-state index in [-0.39, 0.29) is 24.2 Å². The maximum atomic E-state index is 13.9. The van der Waals surface area contributed by atoms with Gasteiger partial charge < -0.3 is 53.2 Å². The summed E-state index contributed by atoms with van der Waals surface area (Å²) in [6.45, 7) is 9.68. The van der Waals surface area contributed by atoms with Crippen molar-refractivity contribution in [1.29, 1.82) is 0 Å². The van der Waals surface area contributed by atoms with Crippen LogP contribution >= 0.6 is 0 Å². The Morgan fingerprint density at radius 3 is 2.06 bits per heavy atom. The molecule has 13 heteroatoms. The van der Waals surface area contributed by atoms with Crippen molar-refractivity contribution in [3.63, 3.8) is 0 Å². The number of rotatable bonds is 11. The first-order chi connectivity index (χ1) is 29.6. The van der Waals surface area contributed by atoms with Crippen LogP contribution < -0.4 is 0 Å². The van der Waals surface area contributed by atoms with Crippen LogP contribution in [0.15, 0.2) is 72.3 Å². The lowest BCUT2D eigenvalue weighted by Gasteiger charge is -2.65. The second kappa shape index (κ2) is 18.0. The first-order valence-corrected chi connectivity index (χ1v) is 22.6. The van der Waals surface area contributed by atoms with E-state index >= 15 is 0 Å². The molecule has 2 heterocycles. The number of aliphatic hydroxyl groups excluding tert-OH is 2. The standard InChI is InChI=1S/C49H66O13/c1-27(59-45(52)30-14-10-8-11-15-30)34-21-23-49(54)35-19-18-32-24-33(60-38-26-37(56-7)43(29(3)58-38)61-39-25-36(55-6)41(50)28(2)57-39)20-22-47(32,4)40(35)42(51)44(48(34,49)5)62-46(53)31-16-12-9-13-17-31/h8-18,27-29,33-44,50-51,54H,19-26H2,1-7H3/t27-,28-,29-,33+,34-,35+,36-,37-,38+,39+,40-,41+,42+,43+,44-,47+,48+,49+/m1/s1. The van der Waals surface area contributed by atoms with Gasteiger partial charge in [0.05, 0.1) is 53.4 Å². The van der Waals surface area contributed by atoms with Crippen molar-refractivity contribution in [3.05, 3.63) is 83.4 Å². The Hall–Kier alpha value is -3.24. The lowest BCUT2D eigenvalue weighted by Crippen LogP contribution is -2.72. The zero-order valence-corrected chi connectivity index (χ0v) is 37.1. The quantitative estimate of drug-likeness (QED) is 0.174. The SMILES string of the molecule is CO[C@@H]1C[C@H](O[C@H]2[C@@H](C)O[C@@H](O[C@H]3CC[C@@]4(C)C(=CC[C@H]5[C@@H]4[C@H](O)[C@@H](OC(=O)c4ccccc4)[C@]4(C)[C@@H]([C@@H](C)OC(=O)c6ccccc6)CC[C@]54O)C3)C[C@H]2OC)O[C@H](C)[C@@H]1O. The Balaban J connectivity index is 1.00. The molecule has 0 spiro atoms. The molecule has 5 fully saturated rings. The van der Waals surface area contributed by atoms with E-state index in [9.17, 15) is 24.9 Å². The molecule has 0 aromatic heterocycles. The van der Waals surface area contributed by atoms with Crippen LogP contribution in [-0.4, -0.2) is 121 Å². The number of carbonyl (C=O) groups excluding carboxylic acids is 2. The van der Waals surface area contributed by atoms with Crippen molar-refractivity contribution in [1.82, 2.24) is 0 Å². The highest BCUT2D eigenvalue weighted by atomic mass is 16.7. The minimum Gasteiger partial charge on any atom is -0.459 e. The van der Waals surface area contributed by atoms with Crippen LogP contribution in [0.3, 0.4) is 0 Å². The molecule has 2 aromatic carbocycles. The molecular formula is C49H66O13. The van der Waals surface area contributed by atoms with Crippen LogP contribution in [0.1, 0.15) is 107 Å². The van der Waals surface area contributed by atoms with E-state index in [1.807, 2.05) is 32.9 Å². The van der Waals surface area contributed by atoms with E-state index in [1.54, 1.807) is 69.7 Å². The van der Waals surface area contributed by atoms with E-state index in [0.29, 0.717) is 62.5 Å². The number of benzene rings is 2. The Labute approximate surface area is 365 Å². The fourth-order valence-corrected chi connectivity index (χ4v) is 12.6. The van der Waals surface area contributed by atoms with Gasteiger partial charge in [0.2, 0.25) is 0 Å². The van der Waals surface area contributed by atoms with Crippen LogP contribution in [0.5, 0.6) is 0 Å². The van der Waals surface area contributed by atoms with Gasteiger partial charge >= 0.3 is 11.9 Å². The monoisotopic (exact) mass is 862 g/mol.